The molecule has 26 heavy (non-hydrogen) atoms. The van der Waals surface area contributed by atoms with E-state index in [1.165, 1.54) is 0 Å². The van der Waals surface area contributed by atoms with E-state index in [1.807, 2.05) is 74.8 Å². The van der Waals surface area contributed by atoms with E-state index in [0.29, 0.717) is 17.1 Å². The summed E-state index contributed by atoms with van der Waals surface area (Å²) in [7, 11) is 0. The molecule has 1 heterocycles. The molecule has 1 aromatic heterocycles. The molecule has 134 valence electrons. The number of carbonyl (C=O) groups excluding carboxylic acids is 1. The molecule has 4 nitrogen and oxygen atoms in total. The van der Waals surface area contributed by atoms with Crippen molar-refractivity contribution >= 4 is 23.2 Å². The number of carbonyl (C=O) groups is 1. The van der Waals surface area contributed by atoms with Gasteiger partial charge in [-0.2, -0.15) is 5.10 Å². The topological polar surface area (TPSA) is 46.9 Å². The maximum absolute atomic E-state index is 12.7. The fourth-order valence-electron chi connectivity index (χ4n) is 2.98. The van der Waals surface area contributed by atoms with Crippen molar-refractivity contribution in [3.8, 4) is 0 Å². The van der Waals surface area contributed by atoms with Gasteiger partial charge in [0.05, 0.1) is 23.6 Å². The second kappa shape index (κ2) is 7.34. The number of hydrogen-bond acceptors (Lipinski definition) is 2. The van der Waals surface area contributed by atoms with Crippen LogP contribution in [0.2, 0.25) is 5.02 Å². The summed E-state index contributed by atoms with van der Waals surface area (Å²) in [5.74, 6) is -0.116. The van der Waals surface area contributed by atoms with Gasteiger partial charge in [-0.1, -0.05) is 47.5 Å². The Morgan fingerprint density at radius 3 is 2.58 bits per heavy atom. The molecule has 3 rings (SSSR count). The van der Waals surface area contributed by atoms with Crippen LogP contribution in [0.4, 0.5) is 5.69 Å². The zero-order chi connectivity index (χ0) is 18.8. The standard InChI is InChI=1S/C21H22ClN3O/c1-13-9-10-14(2)18(11-13)21(26)23-20-15(3)24-25(16(20)4)12-17-7-5-6-8-19(17)22/h5-11H,12H2,1-4H3,(H,23,26). The fraction of sp³-hybridized carbons (Fsp3) is 0.238. The first-order chi connectivity index (χ1) is 12.4. The predicted octanol–water partition coefficient (Wildman–Crippen LogP) is 5.07. The minimum atomic E-state index is -0.116. The van der Waals surface area contributed by atoms with E-state index in [-0.39, 0.29) is 5.91 Å². The summed E-state index contributed by atoms with van der Waals surface area (Å²) in [6, 6.07) is 13.6. The highest BCUT2D eigenvalue weighted by atomic mass is 35.5. The predicted molar refractivity (Wildman–Crippen MR) is 106 cm³/mol. The van der Waals surface area contributed by atoms with Crippen molar-refractivity contribution < 1.29 is 4.79 Å². The highest BCUT2D eigenvalue weighted by Gasteiger charge is 2.17. The van der Waals surface area contributed by atoms with E-state index < -0.39 is 0 Å². The number of aromatic nitrogens is 2. The van der Waals surface area contributed by atoms with Crippen molar-refractivity contribution in [1.29, 1.82) is 0 Å². The van der Waals surface area contributed by atoms with Gasteiger partial charge in [-0.15, -0.1) is 0 Å². The highest BCUT2D eigenvalue weighted by Crippen LogP contribution is 2.24. The van der Waals surface area contributed by atoms with Gasteiger partial charge in [0.1, 0.15) is 0 Å². The molecule has 0 saturated carbocycles. The monoisotopic (exact) mass is 367 g/mol. The number of nitrogens with zero attached hydrogens (tertiary/aromatic N) is 2. The van der Waals surface area contributed by atoms with Gasteiger partial charge >= 0.3 is 0 Å². The van der Waals surface area contributed by atoms with Crippen molar-refractivity contribution in [2.45, 2.75) is 34.2 Å². The molecule has 0 spiro atoms. The third-order valence-corrected chi connectivity index (χ3v) is 4.90. The van der Waals surface area contributed by atoms with Gasteiger partial charge in [-0.3, -0.25) is 9.48 Å². The third-order valence-electron chi connectivity index (χ3n) is 4.54. The Balaban J connectivity index is 1.87. The molecule has 0 radical (unpaired) electrons. The number of rotatable bonds is 4. The number of halogens is 1. The summed E-state index contributed by atoms with van der Waals surface area (Å²) in [6.45, 7) is 8.33. The lowest BCUT2D eigenvalue weighted by Gasteiger charge is -2.10. The largest absolute Gasteiger partial charge is 0.319 e. The van der Waals surface area contributed by atoms with Crippen LogP contribution < -0.4 is 5.32 Å². The minimum absolute atomic E-state index is 0.116. The summed E-state index contributed by atoms with van der Waals surface area (Å²) in [6.07, 6.45) is 0. The zero-order valence-electron chi connectivity index (χ0n) is 15.4. The van der Waals surface area contributed by atoms with Crippen LogP contribution in [0.15, 0.2) is 42.5 Å². The summed E-state index contributed by atoms with van der Waals surface area (Å²) in [4.78, 5) is 12.7. The van der Waals surface area contributed by atoms with Crippen molar-refractivity contribution in [2.75, 3.05) is 5.32 Å². The number of anilines is 1. The van der Waals surface area contributed by atoms with Crippen molar-refractivity contribution in [3.05, 3.63) is 81.1 Å². The summed E-state index contributed by atoms with van der Waals surface area (Å²) in [5, 5.41) is 8.31. The van der Waals surface area contributed by atoms with Crippen molar-refractivity contribution in [1.82, 2.24) is 9.78 Å². The lowest BCUT2D eigenvalue weighted by molar-refractivity contribution is 0.102. The van der Waals surface area contributed by atoms with Gasteiger partial charge < -0.3 is 5.32 Å². The Labute approximate surface area is 158 Å². The molecule has 0 aliphatic carbocycles. The van der Waals surface area contributed by atoms with Gasteiger partial charge in [0.15, 0.2) is 0 Å². The number of benzene rings is 2. The van der Waals surface area contributed by atoms with E-state index in [2.05, 4.69) is 10.4 Å². The minimum Gasteiger partial charge on any atom is -0.319 e. The lowest BCUT2D eigenvalue weighted by Crippen LogP contribution is -2.15. The van der Waals surface area contributed by atoms with Gasteiger partial charge in [0.25, 0.3) is 5.91 Å². The Bertz CT molecular complexity index is 975. The molecule has 0 bridgehead atoms. The summed E-state index contributed by atoms with van der Waals surface area (Å²) in [5.41, 5.74) is 6.13. The first-order valence-electron chi connectivity index (χ1n) is 8.53. The van der Waals surface area contributed by atoms with Crippen LogP contribution in [0.5, 0.6) is 0 Å². The van der Waals surface area contributed by atoms with E-state index in [9.17, 15) is 4.79 Å². The molecule has 5 heteroatoms. The normalized spacial score (nSPS) is 10.8. The number of aryl methyl sites for hydroxylation is 3. The molecule has 1 N–H and O–H groups in total. The molecular formula is C21H22ClN3O. The maximum atomic E-state index is 12.7. The van der Waals surface area contributed by atoms with E-state index in [4.69, 9.17) is 11.6 Å². The Kier molecular flexibility index (Phi) is 5.14. The Morgan fingerprint density at radius 1 is 1.12 bits per heavy atom. The van der Waals surface area contributed by atoms with Gasteiger partial charge in [0, 0.05) is 10.6 Å². The smallest absolute Gasteiger partial charge is 0.256 e. The average Bonchev–Trinajstić information content (AvgIpc) is 2.86. The Hall–Kier alpha value is -2.59. The van der Waals surface area contributed by atoms with Crippen LogP contribution in [-0.2, 0) is 6.54 Å². The van der Waals surface area contributed by atoms with Crippen molar-refractivity contribution in [2.24, 2.45) is 0 Å². The van der Waals surface area contributed by atoms with Crippen LogP contribution in [0.25, 0.3) is 0 Å². The third kappa shape index (κ3) is 3.65. The van der Waals surface area contributed by atoms with Gasteiger partial charge in [-0.25, -0.2) is 0 Å². The SMILES string of the molecule is Cc1ccc(C)c(C(=O)Nc2c(C)nn(Cc3ccccc3Cl)c2C)c1. The number of nitrogens with one attached hydrogen (secondary N) is 1. The summed E-state index contributed by atoms with van der Waals surface area (Å²) < 4.78 is 1.87. The van der Waals surface area contributed by atoms with Crippen LogP contribution in [0.3, 0.4) is 0 Å². The van der Waals surface area contributed by atoms with Gasteiger partial charge in [0.2, 0.25) is 0 Å². The molecule has 0 unspecified atom stereocenters. The fourth-order valence-corrected chi connectivity index (χ4v) is 3.18. The zero-order valence-corrected chi connectivity index (χ0v) is 16.2. The first-order valence-corrected chi connectivity index (χ1v) is 8.90. The molecule has 1 amide bonds. The molecule has 3 aromatic rings. The van der Waals surface area contributed by atoms with E-state index in [0.717, 1.165) is 33.8 Å². The molecule has 0 saturated heterocycles. The maximum Gasteiger partial charge on any atom is 0.256 e. The lowest BCUT2D eigenvalue weighted by atomic mass is 10.0. The second-order valence-electron chi connectivity index (χ2n) is 6.57. The quantitative estimate of drug-likeness (QED) is 0.699. The first kappa shape index (κ1) is 18.2. The van der Waals surface area contributed by atoms with Crippen molar-refractivity contribution in [3.63, 3.8) is 0 Å². The highest BCUT2D eigenvalue weighted by molar-refractivity contribution is 6.31. The molecule has 2 aromatic carbocycles. The molecule has 0 aliphatic rings. The summed E-state index contributed by atoms with van der Waals surface area (Å²) >= 11 is 6.26. The average molecular weight is 368 g/mol. The molecule has 0 atom stereocenters. The van der Waals surface area contributed by atoms with Gasteiger partial charge in [-0.05, 0) is 51.0 Å². The molecular weight excluding hydrogens is 346 g/mol. The van der Waals surface area contributed by atoms with Crippen LogP contribution >= 0.6 is 11.6 Å². The molecule has 0 aliphatic heterocycles. The van der Waals surface area contributed by atoms with Crippen LogP contribution in [0, 0.1) is 27.7 Å². The van der Waals surface area contributed by atoms with E-state index >= 15 is 0 Å². The van der Waals surface area contributed by atoms with E-state index in [1.54, 1.807) is 0 Å². The van der Waals surface area contributed by atoms with Crippen LogP contribution in [0.1, 0.15) is 38.4 Å². The second-order valence-corrected chi connectivity index (χ2v) is 6.97. The van der Waals surface area contributed by atoms with Crippen LogP contribution in [-0.4, -0.2) is 15.7 Å². The molecule has 0 fully saturated rings. The Morgan fingerprint density at radius 2 is 1.85 bits per heavy atom. The number of amides is 1. The number of hydrogen-bond donors (Lipinski definition) is 1.